The molecule has 4 nitrogen and oxygen atoms in total. The number of para-hydroxylation sites is 1. The quantitative estimate of drug-likeness (QED) is 0.260. The Kier molecular flexibility index (Phi) is 10.5. The summed E-state index contributed by atoms with van der Waals surface area (Å²) < 4.78 is 18.6. The van der Waals surface area contributed by atoms with Crippen LogP contribution in [-0.2, 0) is 17.1 Å². The molecule has 3 N–H and O–H groups in total. The number of nitrogens with zero attached hydrogens (tertiary/aromatic N) is 1. The first-order valence-corrected chi connectivity index (χ1v) is 8.81. The van der Waals surface area contributed by atoms with Crippen LogP contribution >= 0.6 is 35.7 Å². The molecule has 0 fully saturated rings. The fourth-order valence-corrected chi connectivity index (χ4v) is 2.95. The van der Waals surface area contributed by atoms with Crippen molar-refractivity contribution in [2.24, 2.45) is 10.7 Å². The highest BCUT2D eigenvalue weighted by molar-refractivity contribution is 14.0. The van der Waals surface area contributed by atoms with Gasteiger partial charge in [-0.3, -0.25) is 4.99 Å². The van der Waals surface area contributed by atoms with Crippen LogP contribution in [-0.4, -0.2) is 25.4 Å². The number of halogens is 2. The van der Waals surface area contributed by atoms with Gasteiger partial charge in [-0.1, -0.05) is 36.4 Å². The third kappa shape index (κ3) is 7.62. The van der Waals surface area contributed by atoms with Gasteiger partial charge in [-0.05, 0) is 17.7 Å². The molecule has 0 saturated heterocycles. The third-order valence-electron chi connectivity index (χ3n) is 3.31. The van der Waals surface area contributed by atoms with Crippen molar-refractivity contribution >= 4 is 47.4 Å². The molecule has 7 heteroatoms. The first kappa shape index (κ1) is 21.7. The highest BCUT2D eigenvalue weighted by Crippen LogP contribution is 2.16. The minimum Gasteiger partial charge on any atom is -0.380 e. The third-order valence-corrected chi connectivity index (χ3v) is 4.30. The summed E-state index contributed by atoms with van der Waals surface area (Å²) in [6, 6.07) is 14.6. The lowest BCUT2D eigenvalue weighted by molar-refractivity contribution is 0.185. The predicted molar refractivity (Wildman–Crippen MR) is 115 cm³/mol. The van der Waals surface area contributed by atoms with Gasteiger partial charge in [0.15, 0.2) is 5.96 Å². The van der Waals surface area contributed by atoms with Gasteiger partial charge in [-0.25, -0.2) is 4.39 Å². The zero-order valence-corrected chi connectivity index (χ0v) is 17.2. The van der Waals surface area contributed by atoms with E-state index in [9.17, 15) is 4.39 Å². The van der Waals surface area contributed by atoms with Crippen LogP contribution < -0.4 is 11.1 Å². The molecular weight excluding hydrogens is 452 g/mol. The number of ether oxygens (including phenoxy) is 1. The average molecular weight is 475 g/mol. The highest BCUT2D eigenvalue weighted by Gasteiger charge is 2.03. The lowest BCUT2D eigenvalue weighted by Gasteiger charge is -2.10. The summed E-state index contributed by atoms with van der Waals surface area (Å²) in [7, 11) is 1.65. The summed E-state index contributed by atoms with van der Waals surface area (Å²) in [4.78, 5) is 4.30. The largest absolute Gasteiger partial charge is 0.380 e. The predicted octanol–water partition coefficient (Wildman–Crippen LogP) is 4.25. The number of aliphatic imine (C=N–C) groups is 1. The number of anilines is 1. The number of hydrogen-bond acceptors (Lipinski definition) is 3. The van der Waals surface area contributed by atoms with Gasteiger partial charge < -0.3 is 15.8 Å². The minimum atomic E-state index is -0.163. The smallest absolute Gasteiger partial charge is 0.193 e. The topological polar surface area (TPSA) is 59.6 Å². The molecule has 2 aromatic carbocycles. The molecule has 0 spiro atoms. The lowest BCUT2D eigenvalue weighted by Crippen LogP contribution is -2.23. The zero-order chi connectivity index (χ0) is 17.2. The van der Waals surface area contributed by atoms with Crippen molar-refractivity contribution in [2.45, 2.75) is 12.4 Å². The van der Waals surface area contributed by atoms with Gasteiger partial charge in [0.05, 0.1) is 13.2 Å². The van der Waals surface area contributed by atoms with Crippen LogP contribution in [0, 0.1) is 5.82 Å². The number of nitrogens with one attached hydrogen (secondary N) is 1. The summed E-state index contributed by atoms with van der Waals surface area (Å²) >= 11 is 1.63. The number of methoxy groups -OCH3 is 1. The van der Waals surface area contributed by atoms with Gasteiger partial charge in [0.2, 0.25) is 0 Å². The first-order chi connectivity index (χ1) is 11.7. The van der Waals surface area contributed by atoms with Gasteiger partial charge in [0.1, 0.15) is 5.82 Å². The fraction of sp³-hybridized carbons (Fsp3) is 0.278. The molecule has 0 radical (unpaired) electrons. The standard InChI is InChI=1S/C18H22FN3OS.HI/c1-23-12-14-6-3-5-9-17(14)22-18(20)21-10-11-24-13-15-7-2-4-8-16(15)19;/h2-9H,10-13H2,1H3,(H3,20,21,22);1H. The molecule has 2 aromatic rings. The van der Waals surface area contributed by atoms with Crippen LogP contribution in [0.4, 0.5) is 10.1 Å². The fourth-order valence-electron chi connectivity index (χ4n) is 2.13. The average Bonchev–Trinajstić information content (AvgIpc) is 2.58. The van der Waals surface area contributed by atoms with Crippen LogP contribution in [0.15, 0.2) is 53.5 Å². The van der Waals surface area contributed by atoms with E-state index in [1.807, 2.05) is 30.3 Å². The molecule has 0 aliphatic carbocycles. The van der Waals surface area contributed by atoms with Crippen molar-refractivity contribution in [3.63, 3.8) is 0 Å². The molecule has 0 atom stereocenters. The summed E-state index contributed by atoms with van der Waals surface area (Å²) in [5.41, 5.74) is 8.54. The Hall–Kier alpha value is -1.32. The van der Waals surface area contributed by atoms with E-state index in [1.165, 1.54) is 6.07 Å². The molecule has 136 valence electrons. The molecular formula is C18H23FIN3OS. The van der Waals surface area contributed by atoms with Crippen molar-refractivity contribution in [3.8, 4) is 0 Å². The minimum absolute atomic E-state index is 0. The maximum atomic E-state index is 13.5. The summed E-state index contributed by atoms with van der Waals surface area (Å²) in [6.07, 6.45) is 0. The van der Waals surface area contributed by atoms with Crippen molar-refractivity contribution < 1.29 is 9.13 Å². The van der Waals surface area contributed by atoms with Crippen molar-refractivity contribution in [1.29, 1.82) is 0 Å². The van der Waals surface area contributed by atoms with E-state index >= 15 is 0 Å². The second-order valence-corrected chi connectivity index (χ2v) is 6.23. The van der Waals surface area contributed by atoms with Crippen LogP contribution in [0.2, 0.25) is 0 Å². The van der Waals surface area contributed by atoms with Gasteiger partial charge >= 0.3 is 0 Å². The molecule has 0 heterocycles. The van der Waals surface area contributed by atoms with Gasteiger partial charge in [0, 0.05) is 29.9 Å². The maximum absolute atomic E-state index is 13.5. The Labute approximate surface area is 169 Å². The molecule has 0 amide bonds. The summed E-state index contributed by atoms with van der Waals surface area (Å²) in [5.74, 6) is 1.61. The van der Waals surface area contributed by atoms with E-state index in [0.717, 1.165) is 17.0 Å². The van der Waals surface area contributed by atoms with Crippen molar-refractivity contribution in [2.75, 3.05) is 24.7 Å². The molecule has 2 rings (SSSR count). The first-order valence-electron chi connectivity index (χ1n) is 7.65. The Morgan fingerprint density at radius 2 is 1.84 bits per heavy atom. The SMILES string of the molecule is COCc1ccccc1NC(N)=NCCSCc1ccccc1F.I. The van der Waals surface area contributed by atoms with Crippen molar-refractivity contribution in [3.05, 3.63) is 65.5 Å². The maximum Gasteiger partial charge on any atom is 0.193 e. The molecule has 0 bridgehead atoms. The second kappa shape index (κ2) is 12.1. The number of benzene rings is 2. The van der Waals surface area contributed by atoms with Gasteiger partial charge in [-0.2, -0.15) is 11.8 Å². The van der Waals surface area contributed by atoms with E-state index in [0.29, 0.717) is 30.4 Å². The molecule has 25 heavy (non-hydrogen) atoms. The Morgan fingerprint density at radius 1 is 1.16 bits per heavy atom. The van der Waals surface area contributed by atoms with E-state index in [2.05, 4.69) is 10.3 Å². The molecule has 0 saturated carbocycles. The molecule has 0 aromatic heterocycles. The molecule has 0 unspecified atom stereocenters. The van der Waals surface area contributed by atoms with E-state index in [-0.39, 0.29) is 29.8 Å². The van der Waals surface area contributed by atoms with Crippen LogP contribution in [0.3, 0.4) is 0 Å². The summed E-state index contributed by atoms with van der Waals surface area (Å²) in [6.45, 7) is 1.08. The Morgan fingerprint density at radius 3 is 2.56 bits per heavy atom. The number of nitrogens with two attached hydrogens (primary N) is 1. The Bertz CT molecular complexity index is 685. The summed E-state index contributed by atoms with van der Waals surface area (Å²) in [5, 5.41) is 3.09. The second-order valence-electron chi connectivity index (χ2n) is 5.13. The van der Waals surface area contributed by atoms with Crippen LogP contribution in [0.1, 0.15) is 11.1 Å². The Balaban J connectivity index is 0.00000312. The van der Waals surface area contributed by atoms with Crippen molar-refractivity contribution in [1.82, 2.24) is 0 Å². The molecule has 0 aliphatic heterocycles. The highest BCUT2D eigenvalue weighted by atomic mass is 127. The number of hydrogen-bond donors (Lipinski definition) is 2. The van der Waals surface area contributed by atoms with E-state index < -0.39 is 0 Å². The normalized spacial score (nSPS) is 11.0. The van der Waals surface area contributed by atoms with Crippen LogP contribution in [0.25, 0.3) is 0 Å². The monoisotopic (exact) mass is 475 g/mol. The van der Waals surface area contributed by atoms with E-state index in [1.54, 1.807) is 31.0 Å². The molecule has 0 aliphatic rings. The number of rotatable bonds is 8. The van der Waals surface area contributed by atoms with E-state index in [4.69, 9.17) is 10.5 Å². The number of thioether (sulfide) groups is 1. The van der Waals surface area contributed by atoms with Gasteiger partial charge in [-0.15, -0.1) is 24.0 Å². The van der Waals surface area contributed by atoms with Gasteiger partial charge in [0.25, 0.3) is 0 Å². The van der Waals surface area contributed by atoms with Crippen LogP contribution in [0.5, 0.6) is 0 Å². The lowest BCUT2D eigenvalue weighted by atomic mass is 10.2. The zero-order valence-electron chi connectivity index (χ0n) is 14.1. The number of guanidine groups is 1.